The van der Waals surface area contributed by atoms with E-state index in [1.807, 2.05) is 18.2 Å². The molecular weight excluding hydrogens is 400 g/mol. The third kappa shape index (κ3) is 5.90. The highest BCUT2D eigenvalue weighted by Crippen LogP contribution is 2.32. The van der Waals surface area contributed by atoms with Crippen molar-refractivity contribution in [2.75, 3.05) is 19.4 Å². The molecule has 1 fully saturated rings. The monoisotopic (exact) mass is 430 g/mol. The first-order valence-corrected chi connectivity index (χ1v) is 12.0. The predicted octanol–water partition coefficient (Wildman–Crippen LogP) is 3.51. The third-order valence-corrected chi connectivity index (χ3v) is 7.08. The summed E-state index contributed by atoms with van der Waals surface area (Å²) in [6, 6.07) is 17.4. The molecule has 0 spiro atoms. The Hall–Kier alpha value is -2.22. The molecule has 0 aliphatic carbocycles. The summed E-state index contributed by atoms with van der Waals surface area (Å²) in [6.45, 7) is 3.41. The number of rotatable bonds is 9. The minimum atomic E-state index is -3.43. The van der Waals surface area contributed by atoms with Crippen molar-refractivity contribution in [3.63, 3.8) is 0 Å². The van der Waals surface area contributed by atoms with Gasteiger partial charge in [0.05, 0.1) is 18.4 Å². The van der Waals surface area contributed by atoms with Crippen LogP contribution in [0.1, 0.15) is 53.7 Å². The Morgan fingerprint density at radius 2 is 1.87 bits per heavy atom. The molecule has 3 rings (SSSR count). The first-order valence-electron chi connectivity index (χ1n) is 10.3. The smallest absolute Gasteiger partial charge is 0.337 e. The number of carbonyl (C=O) groups is 1. The van der Waals surface area contributed by atoms with Crippen molar-refractivity contribution < 1.29 is 17.9 Å². The molecule has 1 saturated heterocycles. The van der Waals surface area contributed by atoms with E-state index in [9.17, 15) is 13.2 Å². The number of nitrogens with zero attached hydrogens (tertiary/aromatic N) is 1. The van der Waals surface area contributed by atoms with Crippen LogP contribution in [0.3, 0.4) is 0 Å². The highest BCUT2D eigenvalue weighted by Gasteiger charge is 2.29. The van der Waals surface area contributed by atoms with Crippen LogP contribution in [0.4, 0.5) is 0 Å². The van der Waals surface area contributed by atoms with Crippen molar-refractivity contribution in [2.24, 2.45) is 0 Å². The topological polar surface area (TPSA) is 75.7 Å². The van der Waals surface area contributed by atoms with E-state index in [4.69, 9.17) is 0 Å². The van der Waals surface area contributed by atoms with Gasteiger partial charge >= 0.3 is 5.97 Å². The molecule has 0 amide bonds. The van der Waals surface area contributed by atoms with Crippen LogP contribution in [0.2, 0.25) is 0 Å². The zero-order valence-electron chi connectivity index (χ0n) is 17.6. The van der Waals surface area contributed by atoms with Crippen molar-refractivity contribution in [3.05, 3.63) is 71.3 Å². The number of likely N-dealkylation sites (tertiary alicyclic amines) is 1. The fourth-order valence-electron chi connectivity index (χ4n) is 4.03. The molecule has 1 aliphatic rings. The first kappa shape index (κ1) is 22.5. The lowest BCUT2D eigenvalue weighted by molar-refractivity contribution is 0.0600. The highest BCUT2D eigenvalue weighted by molar-refractivity contribution is 7.89. The summed E-state index contributed by atoms with van der Waals surface area (Å²) in [5.74, 6) is -0.346. The summed E-state index contributed by atoms with van der Waals surface area (Å²) in [6.07, 6.45) is 2.85. The first-order chi connectivity index (χ1) is 14.4. The minimum Gasteiger partial charge on any atom is -0.465 e. The van der Waals surface area contributed by atoms with E-state index in [2.05, 4.69) is 33.4 Å². The number of benzene rings is 2. The maximum atomic E-state index is 12.7. The normalized spacial score (nSPS) is 18.3. The molecule has 1 aliphatic heterocycles. The maximum absolute atomic E-state index is 12.7. The lowest BCUT2D eigenvalue weighted by Gasteiger charge is -2.32. The number of hydrogen-bond acceptors (Lipinski definition) is 5. The summed E-state index contributed by atoms with van der Waals surface area (Å²) in [5.41, 5.74) is 2.40. The average Bonchev–Trinajstić information content (AvgIpc) is 3.18. The van der Waals surface area contributed by atoms with Gasteiger partial charge in [-0.1, -0.05) is 42.5 Å². The number of hydrogen-bond donors (Lipinski definition) is 1. The Bertz CT molecular complexity index is 929. The van der Waals surface area contributed by atoms with Gasteiger partial charge in [0.15, 0.2) is 0 Å². The number of ether oxygens (including phenoxy) is 1. The zero-order chi connectivity index (χ0) is 21.6. The van der Waals surface area contributed by atoms with Crippen molar-refractivity contribution in [1.82, 2.24) is 9.62 Å². The molecule has 0 saturated carbocycles. The van der Waals surface area contributed by atoms with E-state index in [1.165, 1.54) is 12.7 Å². The van der Waals surface area contributed by atoms with Crippen LogP contribution in [-0.2, 0) is 21.3 Å². The predicted molar refractivity (Wildman–Crippen MR) is 118 cm³/mol. The van der Waals surface area contributed by atoms with Crippen molar-refractivity contribution in [1.29, 1.82) is 0 Å². The van der Waals surface area contributed by atoms with E-state index < -0.39 is 16.0 Å². The van der Waals surface area contributed by atoms with Gasteiger partial charge in [0.1, 0.15) is 0 Å². The Balaban J connectivity index is 1.61. The molecule has 7 heteroatoms. The molecule has 0 aromatic heterocycles. The van der Waals surface area contributed by atoms with Crippen LogP contribution < -0.4 is 4.72 Å². The largest absolute Gasteiger partial charge is 0.465 e. The van der Waals surface area contributed by atoms with Gasteiger partial charge in [-0.3, -0.25) is 4.90 Å². The number of carbonyl (C=O) groups excluding carboxylic acids is 1. The van der Waals surface area contributed by atoms with Crippen molar-refractivity contribution >= 4 is 16.0 Å². The van der Waals surface area contributed by atoms with Crippen LogP contribution in [0, 0.1) is 0 Å². The summed E-state index contributed by atoms with van der Waals surface area (Å²) >= 11 is 0. The second-order valence-corrected chi connectivity index (χ2v) is 9.70. The van der Waals surface area contributed by atoms with E-state index >= 15 is 0 Å². The Labute approximate surface area is 179 Å². The van der Waals surface area contributed by atoms with E-state index in [0.717, 1.165) is 24.9 Å². The maximum Gasteiger partial charge on any atom is 0.337 e. The standard InChI is InChI=1S/C23H30N2O4S/c1-18-7-6-15-25(18)22(20-8-4-3-5-9-20)14-16-30(27,28)24-17-19-10-12-21(13-11-19)23(26)29-2/h3-5,8-13,18,22,24H,6-7,14-17H2,1-2H3/t18-,22-/m0/s1. The van der Waals surface area contributed by atoms with Gasteiger partial charge in [0, 0.05) is 18.6 Å². The molecule has 0 unspecified atom stereocenters. The van der Waals surface area contributed by atoms with Gasteiger partial charge in [0.2, 0.25) is 10.0 Å². The molecule has 2 aromatic carbocycles. The third-order valence-electron chi connectivity index (χ3n) is 5.72. The van der Waals surface area contributed by atoms with Crippen LogP contribution in [0.15, 0.2) is 54.6 Å². The fourth-order valence-corrected chi connectivity index (χ4v) is 5.09. The average molecular weight is 431 g/mol. The van der Waals surface area contributed by atoms with E-state index in [0.29, 0.717) is 18.0 Å². The second kappa shape index (κ2) is 10.2. The molecule has 1 N–H and O–H groups in total. The van der Waals surface area contributed by atoms with Crippen molar-refractivity contribution in [2.45, 2.75) is 44.8 Å². The molecule has 30 heavy (non-hydrogen) atoms. The summed E-state index contributed by atoms with van der Waals surface area (Å²) in [4.78, 5) is 13.9. The Morgan fingerprint density at radius 3 is 2.47 bits per heavy atom. The van der Waals surface area contributed by atoms with Crippen LogP contribution in [-0.4, -0.2) is 44.7 Å². The number of methoxy groups -OCH3 is 1. The van der Waals surface area contributed by atoms with Crippen LogP contribution >= 0.6 is 0 Å². The van der Waals surface area contributed by atoms with Gasteiger partial charge < -0.3 is 4.74 Å². The highest BCUT2D eigenvalue weighted by atomic mass is 32.2. The number of esters is 1. The number of sulfonamides is 1. The lowest BCUT2D eigenvalue weighted by atomic mass is 10.0. The van der Waals surface area contributed by atoms with Crippen molar-refractivity contribution in [3.8, 4) is 0 Å². The number of nitrogens with one attached hydrogen (secondary N) is 1. The summed E-state index contributed by atoms with van der Waals surface area (Å²) in [5, 5.41) is 0. The molecule has 162 valence electrons. The van der Waals surface area contributed by atoms with E-state index in [-0.39, 0.29) is 18.3 Å². The molecule has 2 atom stereocenters. The lowest BCUT2D eigenvalue weighted by Crippen LogP contribution is -2.34. The zero-order valence-corrected chi connectivity index (χ0v) is 18.4. The molecular formula is C23H30N2O4S. The van der Waals surface area contributed by atoms with Gasteiger partial charge in [-0.15, -0.1) is 0 Å². The van der Waals surface area contributed by atoms with Gasteiger partial charge in [0.25, 0.3) is 0 Å². The summed E-state index contributed by atoms with van der Waals surface area (Å²) < 4.78 is 32.7. The Kier molecular flexibility index (Phi) is 7.64. The quantitative estimate of drug-likeness (QED) is 0.616. The van der Waals surface area contributed by atoms with E-state index in [1.54, 1.807) is 24.3 Å². The Morgan fingerprint density at radius 1 is 1.17 bits per heavy atom. The minimum absolute atomic E-state index is 0.0655. The molecule has 2 aromatic rings. The molecule has 1 heterocycles. The second-order valence-electron chi connectivity index (χ2n) is 7.77. The fraction of sp³-hybridized carbons (Fsp3) is 0.435. The molecule has 0 radical (unpaired) electrons. The summed E-state index contributed by atoms with van der Waals surface area (Å²) in [7, 11) is -2.10. The molecule has 6 nitrogen and oxygen atoms in total. The van der Waals surface area contributed by atoms with Gasteiger partial charge in [-0.25, -0.2) is 17.9 Å². The van der Waals surface area contributed by atoms with Gasteiger partial charge in [-0.2, -0.15) is 0 Å². The van der Waals surface area contributed by atoms with Crippen LogP contribution in [0.25, 0.3) is 0 Å². The SMILES string of the molecule is COC(=O)c1ccc(CNS(=O)(=O)CC[C@@H](c2ccccc2)N2CCC[C@@H]2C)cc1. The molecule has 0 bridgehead atoms. The van der Waals surface area contributed by atoms with Gasteiger partial charge in [-0.05, 0) is 56.0 Å². The van der Waals surface area contributed by atoms with Crippen LogP contribution in [0.5, 0.6) is 0 Å².